The molecule has 1 N–H and O–H groups in total. The molecule has 2 aromatic heterocycles. The third kappa shape index (κ3) is 3.88. The molecule has 0 aromatic carbocycles. The Morgan fingerprint density at radius 1 is 1.35 bits per heavy atom. The zero-order chi connectivity index (χ0) is 18.7. The third-order valence-corrected chi connectivity index (χ3v) is 4.89. The lowest BCUT2D eigenvalue weighted by Gasteiger charge is -2.29. The molecule has 0 saturated carbocycles. The number of morpholine rings is 1. The van der Waals surface area contributed by atoms with Crippen LogP contribution in [0.5, 0.6) is 0 Å². The van der Waals surface area contributed by atoms with E-state index in [1.807, 2.05) is 31.6 Å². The Morgan fingerprint density at radius 2 is 2.08 bits per heavy atom. The second-order valence-electron chi connectivity index (χ2n) is 6.83. The molecule has 7 nitrogen and oxygen atoms in total. The first kappa shape index (κ1) is 18.4. The van der Waals surface area contributed by atoms with Crippen molar-refractivity contribution >= 4 is 11.7 Å². The molecule has 1 atom stereocenters. The van der Waals surface area contributed by atoms with E-state index in [2.05, 4.69) is 27.2 Å². The summed E-state index contributed by atoms with van der Waals surface area (Å²) in [6, 6.07) is 3.64. The van der Waals surface area contributed by atoms with Crippen LogP contribution in [0.4, 0.5) is 5.82 Å². The number of amides is 1. The Kier molecular flexibility index (Phi) is 5.56. The summed E-state index contributed by atoms with van der Waals surface area (Å²) >= 11 is 0. The molecular weight excluding hydrogens is 330 g/mol. The van der Waals surface area contributed by atoms with Gasteiger partial charge in [0.15, 0.2) is 0 Å². The number of hydrogen-bond acceptors (Lipinski definition) is 5. The zero-order valence-corrected chi connectivity index (χ0v) is 16.0. The van der Waals surface area contributed by atoms with E-state index in [1.54, 1.807) is 12.3 Å². The van der Waals surface area contributed by atoms with Gasteiger partial charge in [0.2, 0.25) is 0 Å². The number of carbonyl (C=O) groups is 1. The number of carbonyl (C=O) groups excluding carboxylic acids is 1. The highest BCUT2D eigenvalue weighted by molar-refractivity contribution is 5.99. The number of aryl methyl sites for hydroxylation is 2. The van der Waals surface area contributed by atoms with Crippen LogP contribution in [0.1, 0.15) is 34.2 Å². The van der Waals surface area contributed by atoms with Gasteiger partial charge in [0.25, 0.3) is 5.91 Å². The van der Waals surface area contributed by atoms with Gasteiger partial charge in [0, 0.05) is 38.1 Å². The third-order valence-electron chi connectivity index (χ3n) is 4.89. The molecule has 3 rings (SSSR count). The van der Waals surface area contributed by atoms with Crippen LogP contribution in [0.2, 0.25) is 0 Å². The minimum Gasteiger partial charge on any atom is -0.378 e. The molecule has 1 amide bonds. The van der Waals surface area contributed by atoms with Gasteiger partial charge in [-0.15, -0.1) is 0 Å². The number of rotatable bonds is 5. The predicted molar refractivity (Wildman–Crippen MR) is 101 cm³/mol. The van der Waals surface area contributed by atoms with Crippen molar-refractivity contribution in [2.45, 2.75) is 33.2 Å². The number of hydrogen-bond donors (Lipinski definition) is 1. The minimum absolute atomic E-state index is 0.00171. The van der Waals surface area contributed by atoms with E-state index in [4.69, 9.17) is 4.74 Å². The number of nitrogens with zero attached hydrogens (tertiary/aromatic N) is 4. The van der Waals surface area contributed by atoms with Crippen LogP contribution in [0, 0.1) is 13.8 Å². The average molecular weight is 357 g/mol. The molecular formula is C19H27N5O2. The lowest BCUT2D eigenvalue weighted by molar-refractivity contribution is 0.0938. The topological polar surface area (TPSA) is 72.3 Å². The number of aromatic nitrogens is 3. The summed E-state index contributed by atoms with van der Waals surface area (Å²) in [6.45, 7) is 8.91. The Labute approximate surface area is 154 Å². The molecule has 1 aliphatic heterocycles. The van der Waals surface area contributed by atoms with E-state index in [0.717, 1.165) is 36.7 Å². The van der Waals surface area contributed by atoms with Crippen molar-refractivity contribution in [2.24, 2.45) is 7.05 Å². The summed E-state index contributed by atoms with van der Waals surface area (Å²) in [7, 11) is 1.94. The summed E-state index contributed by atoms with van der Waals surface area (Å²) in [5.41, 5.74) is 3.96. The average Bonchev–Trinajstić information content (AvgIpc) is 2.88. The molecule has 2 aromatic rings. The van der Waals surface area contributed by atoms with Gasteiger partial charge in [-0.05, 0) is 44.9 Å². The number of pyridine rings is 1. The van der Waals surface area contributed by atoms with E-state index in [0.29, 0.717) is 18.8 Å². The number of anilines is 1. The van der Waals surface area contributed by atoms with E-state index in [-0.39, 0.29) is 11.9 Å². The van der Waals surface area contributed by atoms with Crippen LogP contribution in [0.25, 0.3) is 0 Å². The Balaban J connectivity index is 1.71. The fraction of sp³-hybridized carbons (Fsp3) is 0.526. The molecule has 0 aliphatic carbocycles. The summed E-state index contributed by atoms with van der Waals surface area (Å²) in [4.78, 5) is 19.4. The van der Waals surface area contributed by atoms with Crippen molar-refractivity contribution in [3.8, 4) is 0 Å². The largest absolute Gasteiger partial charge is 0.378 e. The van der Waals surface area contributed by atoms with E-state index in [1.165, 1.54) is 5.56 Å². The summed E-state index contributed by atoms with van der Waals surface area (Å²) in [5, 5.41) is 7.57. The summed E-state index contributed by atoms with van der Waals surface area (Å²) in [6.07, 6.45) is 2.48. The second-order valence-corrected chi connectivity index (χ2v) is 6.83. The minimum atomic E-state index is -0.0914. The van der Waals surface area contributed by atoms with E-state index >= 15 is 0 Å². The van der Waals surface area contributed by atoms with Gasteiger partial charge >= 0.3 is 0 Å². The predicted octanol–water partition coefficient (Wildman–Crippen LogP) is 1.63. The molecule has 0 radical (unpaired) electrons. The second kappa shape index (κ2) is 7.86. The quantitative estimate of drug-likeness (QED) is 0.881. The maximum absolute atomic E-state index is 12.9. The van der Waals surface area contributed by atoms with Gasteiger partial charge in [-0.25, -0.2) is 4.98 Å². The maximum atomic E-state index is 12.9. The highest BCUT2D eigenvalue weighted by Gasteiger charge is 2.21. The van der Waals surface area contributed by atoms with Gasteiger partial charge < -0.3 is 15.0 Å². The lowest BCUT2D eigenvalue weighted by atomic mass is 10.0. The first-order chi connectivity index (χ1) is 12.5. The molecule has 3 heterocycles. The van der Waals surface area contributed by atoms with Crippen molar-refractivity contribution in [3.63, 3.8) is 0 Å². The van der Waals surface area contributed by atoms with Gasteiger partial charge in [0.05, 0.1) is 24.5 Å². The highest BCUT2D eigenvalue weighted by atomic mass is 16.5. The number of nitrogens with one attached hydrogen (secondary N) is 1. The zero-order valence-electron chi connectivity index (χ0n) is 16.0. The van der Waals surface area contributed by atoms with Crippen LogP contribution in [-0.2, 0) is 18.2 Å². The van der Waals surface area contributed by atoms with Crippen molar-refractivity contribution < 1.29 is 9.53 Å². The molecule has 26 heavy (non-hydrogen) atoms. The van der Waals surface area contributed by atoms with Crippen molar-refractivity contribution in [1.82, 2.24) is 20.1 Å². The van der Waals surface area contributed by atoms with Gasteiger partial charge in [0.1, 0.15) is 5.82 Å². The molecule has 0 bridgehead atoms. The standard InChI is InChI=1S/C19H27N5O2/c1-13(12-17-14(2)22-23(4)15(17)3)21-19(25)16-6-5-7-20-18(16)24-8-10-26-11-9-24/h5-7,13H,8-12H2,1-4H3,(H,21,25). The molecule has 140 valence electrons. The fourth-order valence-electron chi connectivity index (χ4n) is 3.37. The maximum Gasteiger partial charge on any atom is 0.255 e. The molecule has 7 heteroatoms. The van der Waals surface area contributed by atoms with E-state index in [9.17, 15) is 4.79 Å². The van der Waals surface area contributed by atoms with Crippen LogP contribution >= 0.6 is 0 Å². The smallest absolute Gasteiger partial charge is 0.255 e. The highest BCUT2D eigenvalue weighted by Crippen LogP contribution is 2.19. The van der Waals surface area contributed by atoms with Crippen LogP contribution in [0.3, 0.4) is 0 Å². The van der Waals surface area contributed by atoms with Crippen LogP contribution < -0.4 is 10.2 Å². The Morgan fingerprint density at radius 3 is 2.73 bits per heavy atom. The number of ether oxygens (including phenoxy) is 1. The molecule has 1 fully saturated rings. The first-order valence-corrected chi connectivity index (χ1v) is 9.05. The lowest BCUT2D eigenvalue weighted by Crippen LogP contribution is -2.40. The first-order valence-electron chi connectivity index (χ1n) is 9.05. The molecule has 1 unspecified atom stereocenters. The summed E-state index contributed by atoms with van der Waals surface area (Å²) < 4.78 is 7.28. The normalized spacial score (nSPS) is 15.8. The van der Waals surface area contributed by atoms with Gasteiger partial charge in [-0.1, -0.05) is 0 Å². The molecule has 1 aliphatic rings. The Bertz CT molecular complexity index is 780. The van der Waals surface area contributed by atoms with Crippen LogP contribution in [0.15, 0.2) is 18.3 Å². The SMILES string of the molecule is Cc1nn(C)c(C)c1CC(C)NC(=O)c1cccnc1N1CCOCC1. The summed E-state index contributed by atoms with van der Waals surface area (Å²) in [5.74, 6) is 0.639. The Hall–Kier alpha value is -2.41. The molecule has 1 saturated heterocycles. The van der Waals surface area contributed by atoms with Crippen molar-refractivity contribution in [1.29, 1.82) is 0 Å². The van der Waals surface area contributed by atoms with Gasteiger partial charge in [-0.3, -0.25) is 9.48 Å². The van der Waals surface area contributed by atoms with Crippen molar-refractivity contribution in [3.05, 3.63) is 40.8 Å². The van der Waals surface area contributed by atoms with Crippen LogP contribution in [-0.4, -0.2) is 53.0 Å². The fourth-order valence-corrected chi connectivity index (χ4v) is 3.37. The molecule has 0 spiro atoms. The van der Waals surface area contributed by atoms with Gasteiger partial charge in [-0.2, -0.15) is 5.10 Å². The van der Waals surface area contributed by atoms with Crippen molar-refractivity contribution in [2.75, 3.05) is 31.2 Å². The van der Waals surface area contributed by atoms with E-state index < -0.39 is 0 Å². The monoisotopic (exact) mass is 357 g/mol.